The number of carbonyl (C=O) groups excluding carboxylic acids is 1. The number of sulfonamides is 1. The van der Waals surface area contributed by atoms with Gasteiger partial charge in [0.25, 0.3) is 15.9 Å². The summed E-state index contributed by atoms with van der Waals surface area (Å²) in [6.45, 7) is 2.58. The van der Waals surface area contributed by atoms with Crippen molar-refractivity contribution >= 4 is 45.0 Å². The summed E-state index contributed by atoms with van der Waals surface area (Å²) in [4.78, 5) is 13.7. The van der Waals surface area contributed by atoms with Gasteiger partial charge in [-0.3, -0.25) is 9.10 Å². The van der Waals surface area contributed by atoms with Crippen molar-refractivity contribution in [1.82, 2.24) is 5.32 Å². The molecule has 0 atom stereocenters. The van der Waals surface area contributed by atoms with E-state index in [0.29, 0.717) is 22.8 Å². The highest BCUT2D eigenvalue weighted by molar-refractivity contribution is 7.99. The van der Waals surface area contributed by atoms with E-state index in [1.165, 1.54) is 41.2 Å². The molecule has 3 aromatic rings. The fraction of sp³-hybridized carbons (Fsp3) is 0.174. The number of rotatable bonds is 8. The van der Waals surface area contributed by atoms with Gasteiger partial charge in [0, 0.05) is 34.8 Å². The van der Waals surface area contributed by atoms with Gasteiger partial charge in [-0.05, 0) is 67.6 Å². The number of aryl methyl sites for hydroxylation is 1. The molecule has 0 saturated heterocycles. The molecular formula is C23H23ClN2O3S2. The van der Waals surface area contributed by atoms with Crippen LogP contribution in [0.3, 0.4) is 0 Å². The molecule has 1 amide bonds. The Labute approximate surface area is 192 Å². The second-order valence-electron chi connectivity index (χ2n) is 6.89. The van der Waals surface area contributed by atoms with Crippen LogP contribution in [0.2, 0.25) is 5.02 Å². The average molecular weight is 475 g/mol. The van der Waals surface area contributed by atoms with Crippen LogP contribution in [-0.2, 0) is 10.0 Å². The Balaban J connectivity index is 1.56. The fourth-order valence-corrected chi connectivity index (χ4v) is 4.89. The van der Waals surface area contributed by atoms with Crippen LogP contribution in [-0.4, -0.2) is 33.7 Å². The minimum absolute atomic E-state index is 0.146. The maximum absolute atomic E-state index is 12.8. The number of amides is 1. The Morgan fingerprint density at radius 1 is 0.968 bits per heavy atom. The second kappa shape index (κ2) is 10.2. The average Bonchev–Trinajstić information content (AvgIpc) is 2.77. The van der Waals surface area contributed by atoms with Gasteiger partial charge in [0.1, 0.15) is 0 Å². The maximum atomic E-state index is 12.8. The second-order valence-corrected chi connectivity index (χ2v) is 10.5. The zero-order valence-corrected chi connectivity index (χ0v) is 19.6. The standard InChI is InChI=1S/C23H23ClN2O3S2/c1-17-3-11-21(12-4-17)30-16-15-25-23(27)18-5-9-20(10-6-18)26(2)31(28,29)22-13-7-19(24)8-14-22/h3-14H,15-16H2,1-2H3,(H,25,27). The van der Waals surface area contributed by atoms with Gasteiger partial charge in [0.05, 0.1) is 10.6 Å². The fourth-order valence-electron chi connectivity index (χ4n) is 2.80. The highest BCUT2D eigenvalue weighted by atomic mass is 35.5. The monoisotopic (exact) mass is 474 g/mol. The number of halogens is 1. The van der Waals surface area contributed by atoms with Crippen molar-refractivity contribution in [3.63, 3.8) is 0 Å². The summed E-state index contributed by atoms with van der Waals surface area (Å²) in [7, 11) is -2.24. The lowest BCUT2D eigenvalue weighted by Crippen LogP contribution is -2.27. The number of hydrogen-bond donors (Lipinski definition) is 1. The van der Waals surface area contributed by atoms with Gasteiger partial charge < -0.3 is 5.32 Å². The Morgan fingerprint density at radius 3 is 2.19 bits per heavy atom. The molecule has 5 nitrogen and oxygen atoms in total. The van der Waals surface area contributed by atoms with Crippen LogP contribution >= 0.6 is 23.4 Å². The van der Waals surface area contributed by atoms with Gasteiger partial charge in [-0.1, -0.05) is 29.3 Å². The van der Waals surface area contributed by atoms with Crippen LogP contribution in [0, 0.1) is 6.92 Å². The molecule has 0 heterocycles. The lowest BCUT2D eigenvalue weighted by Gasteiger charge is -2.19. The minimum atomic E-state index is -3.72. The zero-order chi connectivity index (χ0) is 22.4. The van der Waals surface area contributed by atoms with Gasteiger partial charge >= 0.3 is 0 Å². The highest BCUT2D eigenvalue weighted by Crippen LogP contribution is 2.23. The number of benzene rings is 3. The summed E-state index contributed by atoms with van der Waals surface area (Å²) in [5, 5.41) is 3.35. The van der Waals surface area contributed by atoms with Crippen molar-refractivity contribution in [2.45, 2.75) is 16.7 Å². The molecule has 3 aromatic carbocycles. The van der Waals surface area contributed by atoms with Crippen molar-refractivity contribution in [3.8, 4) is 0 Å². The van der Waals surface area contributed by atoms with E-state index in [0.717, 1.165) is 10.6 Å². The summed E-state index contributed by atoms with van der Waals surface area (Å²) >= 11 is 7.52. The molecule has 1 N–H and O–H groups in total. The first-order chi connectivity index (χ1) is 14.8. The Morgan fingerprint density at radius 2 is 1.58 bits per heavy atom. The normalized spacial score (nSPS) is 11.2. The van der Waals surface area contributed by atoms with E-state index in [4.69, 9.17) is 11.6 Å². The van der Waals surface area contributed by atoms with Gasteiger partial charge in [-0.2, -0.15) is 0 Å². The van der Waals surface area contributed by atoms with Crippen molar-refractivity contribution < 1.29 is 13.2 Å². The quantitative estimate of drug-likeness (QED) is 0.368. The van der Waals surface area contributed by atoms with Crippen LogP contribution < -0.4 is 9.62 Å². The van der Waals surface area contributed by atoms with E-state index < -0.39 is 10.0 Å². The van der Waals surface area contributed by atoms with Gasteiger partial charge in [0.2, 0.25) is 0 Å². The predicted octanol–water partition coefficient (Wildman–Crippen LogP) is 5.00. The molecule has 3 rings (SSSR count). The molecule has 162 valence electrons. The number of carbonyl (C=O) groups is 1. The largest absolute Gasteiger partial charge is 0.351 e. The van der Waals surface area contributed by atoms with Crippen LogP contribution in [0.25, 0.3) is 0 Å². The molecule has 0 bridgehead atoms. The van der Waals surface area contributed by atoms with Crippen molar-refractivity contribution in [2.24, 2.45) is 0 Å². The molecule has 0 spiro atoms. The number of nitrogens with zero attached hydrogens (tertiary/aromatic N) is 1. The molecule has 0 radical (unpaired) electrons. The zero-order valence-electron chi connectivity index (χ0n) is 17.2. The molecular weight excluding hydrogens is 452 g/mol. The van der Waals surface area contributed by atoms with Crippen molar-refractivity contribution in [3.05, 3.63) is 88.9 Å². The molecule has 0 aliphatic rings. The molecule has 0 aliphatic carbocycles. The van der Waals surface area contributed by atoms with Gasteiger partial charge in [-0.25, -0.2) is 8.42 Å². The van der Waals surface area contributed by atoms with Crippen LogP contribution in [0.15, 0.2) is 82.6 Å². The van der Waals surface area contributed by atoms with E-state index >= 15 is 0 Å². The lowest BCUT2D eigenvalue weighted by atomic mass is 10.2. The molecule has 0 fully saturated rings. The SMILES string of the molecule is Cc1ccc(SCCNC(=O)c2ccc(N(C)S(=O)(=O)c3ccc(Cl)cc3)cc2)cc1. The number of thioether (sulfide) groups is 1. The highest BCUT2D eigenvalue weighted by Gasteiger charge is 2.21. The summed E-state index contributed by atoms with van der Waals surface area (Å²) in [5.41, 5.74) is 2.15. The van der Waals surface area contributed by atoms with Crippen LogP contribution in [0.4, 0.5) is 5.69 Å². The van der Waals surface area contributed by atoms with E-state index in [2.05, 4.69) is 29.6 Å². The summed E-state index contributed by atoms with van der Waals surface area (Å²) < 4.78 is 26.7. The van der Waals surface area contributed by atoms with E-state index in [-0.39, 0.29) is 10.8 Å². The third kappa shape index (κ3) is 6.03. The predicted molar refractivity (Wildman–Crippen MR) is 128 cm³/mol. The maximum Gasteiger partial charge on any atom is 0.264 e. The smallest absolute Gasteiger partial charge is 0.264 e. The van der Waals surface area contributed by atoms with E-state index in [9.17, 15) is 13.2 Å². The first-order valence-corrected chi connectivity index (χ1v) is 12.4. The third-order valence-electron chi connectivity index (χ3n) is 4.64. The molecule has 0 aromatic heterocycles. The van der Waals surface area contributed by atoms with Crippen molar-refractivity contribution in [1.29, 1.82) is 0 Å². The Hall–Kier alpha value is -2.48. The topological polar surface area (TPSA) is 66.5 Å². The van der Waals surface area contributed by atoms with E-state index in [1.54, 1.807) is 36.0 Å². The third-order valence-corrected chi connectivity index (χ3v) is 7.71. The Bertz CT molecular complexity index is 1130. The van der Waals surface area contributed by atoms with Gasteiger partial charge in [0.15, 0.2) is 0 Å². The molecule has 0 aliphatic heterocycles. The summed E-state index contributed by atoms with van der Waals surface area (Å²) in [6, 6.07) is 20.7. The van der Waals surface area contributed by atoms with Crippen molar-refractivity contribution in [2.75, 3.05) is 23.7 Å². The van der Waals surface area contributed by atoms with Crippen LogP contribution in [0.5, 0.6) is 0 Å². The molecule has 8 heteroatoms. The van der Waals surface area contributed by atoms with Crippen LogP contribution in [0.1, 0.15) is 15.9 Å². The van der Waals surface area contributed by atoms with Gasteiger partial charge in [-0.15, -0.1) is 11.8 Å². The molecule has 31 heavy (non-hydrogen) atoms. The number of hydrogen-bond acceptors (Lipinski definition) is 4. The lowest BCUT2D eigenvalue weighted by molar-refractivity contribution is 0.0956. The number of anilines is 1. The summed E-state index contributed by atoms with van der Waals surface area (Å²) in [6.07, 6.45) is 0. The molecule has 0 unspecified atom stereocenters. The summed E-state index contributed by atoms with van der Waals surface area (Å²) in [5.74, 6) is 0.564. The first-order valence-electron chi connectivity index (χ1n) is 9.59. The first kappa shape index (κ1) is 23.2. The molecule has 0 saturated carbocycles. The number of nitrogens with one attached hydrogen (secondary N) is 1. The Kier molecular flexibility index (Phi) is 7.64. The minimum Gasteiger partial charge on any atom is -0.351 e. The van der Waals surface area contributed by atoms with E-state index in [1.807, 2.05) is 6.92 Å².